The SMILES string of the molecule is CSCC(C)C(=O)NC(C(=O)O)c1ccc(F)c(C)c1. The maximum Gasteiger partial charge on any atom is 0.330 e. The molecule has 110 valence electrons. The zero-order valence-electron chi connectivity index (χ0n) is 11.6. The summed E-state index contributed by atoms with van der Waals surface area (Å²) < 4.78 is 13.2. The number of hydrogen-bond acceptors (Lipinski definition) is 3. The fourth-order valence-electron chi connectivity index (χ4n) is 1.75. The fourth-order valence-corrected chi connectivity index (χ4v) is 2.40. The molecule has 0 aliphatic carbocycles. The monoisotopic (exact) mass is 299 g/mol. The van der Waals surface area contributed by atoms with Gasteiger partial charge in [0.05, 0.1) is 0 Å². The number of aryl methyl sites for hydroxylation is 1. The van der Waals surface area contributed by atoms with Crippen LogP contribution in [0.3, 0.4) is 0 Å². The number of rotatable bonds is 6. The van der Waals surface area contributed by atoms with Gasteiger partial charge in [0.1, 0.15) is 5.82 Å². The molecule has 1 amide bonds. The van der Waals surface area contributed by atoms with Gasteiger partial charge in [0.25, 0.3) is 0 Å². The Morgan fingerprint density at radius 1 is 1.45 bits per heavy atom. The Balaban J connectivity index is 2.92. The fraction of sp³-hybridized carbons (Fsp3) is 0.429. The predicted octanol–water partition coefficient (Wildman–Crippen LogP) is 2.38. The molecular weight excluding hydrogens is 281 g/mol. The first-order chi connectivity index (χ1) is 9.36. The lowest BCUT2D eigenvalue weighted by atomic mass is 10.0. The van der Waals surface area contributed by atoms with Crippen LogP contribution in [0.4, 0.5) is 4.39 Å². The molecule has 1 aromatic rings. The molecule has 0 heterocycles. The molecule has 2 unspecified atom stereocenters. The summed E-state index contributed by atoms with van der Waals surface area (Å²) in [6, 6.07) is 2.86. The Kier molecular flexibility index (Phi) is 6.01. The van der Waals surface area contributed by atoms with Crippen molar-refractivity contribution >= 4 is 23.6 Å². The zero-order valence-corrected chi connectivity index (χ0v) is 12.5. The second-order valence-electron chi connectivity index (χ2n) is 4.64. The number of hydrogen-bond donors (Lipinski definition) is 2. The van der Waals surface area contributed by atoms with Crippen LogP contribution in [0.1, 0.15) is 24.1 Å². The largest absolute Gasteiger partial charge is 0.479 e. The Morgan fingerprint density at radius 2 is 2.10 bits per heavy atom. The minimum absolute atomic E-state index is 0.284. The van der Waals surface area contributed by atoms with Gasteiger partial charge in [-0.15, -0.1) is 0 Å². The van der Waals surface area contributed by atoms with Crippen molar-refractivity contribution in [1.82, 2.24) is 5.32 Å². The van der Waals surface area contributed by atoms with Crippen molar-refractivity contribution in [2.24, 2.45) is 5.92 Å². The van der Waals surface area contributed by atoms with Crippen LogP contribution in [0.5, 0.6) is 0 Å². The van der Waals surface area contributed by atoms with Gasteiger partial charge >= 0.3 is 5.97 Å². The average Bonchev–Trinajstić information content (AvgIpc) is 2.39. The van der Waals surface area contributed by atoms with Crippen molar-refractivity contribution in [3.05, 3.63) is 35.1 Å². The number of thioether (sulfide) groups is 1. The Hall–Kier alpha value is -1.56. The molecule has 1 rings (SSSR count). The second-order valence-corrected chi connectivity index (χ2v) is 5.56. The van der Waals surface area contributed by atoms with Crippen LogP contribution in [0.15, 0.2) is 18.2 Å². The van der Waals surface area contributed by atoms with Crippen molar-refractivity contribution in [3.8, 4) is 0 Å². The van der Waals surface area contributed by atoms with Crippen molar-refractivity contribution in [1.29, 1.82) is 0 Å². The maximum absolute atomic E-state index is 13.2. The molecule has 0 radical (unpaired) electrons. The molecular formula is C14H18FNO3S. The van der Waals surface area contributed by atoms with Crippen molar-refractivity contribution in [2.45, 2.75) is 19.9 Å². The highest BCUT2D eigenvalue weighted by molar-refractivity contribution is 7.98. The molecule has 0 aromatic heterocycles. The van der Waals surface area contributed by atoms with E-state index in [9.17, 15) is 19.1 Å². The molecule has 0 bridgehead atoms. The number of halogens is 1. The van der Waals surface area contributed by atoms with Gasteiger partial charge in [0.2, 0.25) is 5.91 Å². The van der Waals surface area contributed by atoms with E-state index in [1.807, 2.05) is 6.26 Å². The number of carboxylic acids is 1. The highest BCUT2D eigenvalue weighted by Crippen LogP contribution is 2.18. The lowest BCUT2D eigenvalue weighted by Crippen LogP contribution is -2.37. The summed E-state index contributed by atoms with van der Waals surface area (Å²) in [5.74, 6) is -1.57. The first-order valence-corrected chi connectivity index (χ1v) is 7.54. The van der Waals surface area contributed by atoms with Gasteiger partial charge in [-0.25, -0.2) is 9.18 Å². The van der Waals surface area contributed by atoms with Gasteiger partial charge in [0.15, 0.2) is 6.04 Å². The highest BCUT2D eigenvalue weighted by atomic mass is 32.2. The van der Waals surface area contributed by atoms with Gasteiger partial charge < -0.3 is 10.4 Å². The van der Waals surface area contributed by atoms with Crippen LogP contribution in [0.25, 0.3) is 0 Å². The van der Waals surface area contributed by atoms with Gasteiger partial charge in [0, 0.05) is 11.7 Å². The zero-order chi connectivity index (χ0) is 15.3. The number of carboxylic acid groups (broad SMARTS) is 1. The third-order valence-corrected chi connectivity index (χ3v) is 3.75. The maximum atomic E-state index is 13.2. The minimum atomic E-state index is -1.17. The molecule has 6 heteroatoms. The standard InChI is InChI=1S/C14H18FNO3S/c1-8-6-10(4-5-11(8)15)12(14(18)19)16-13(17)9(2)7-20-3/h4-6,9,12H,7H2,1-3H3,(H,16,17)(H,18,19). The summed E-state index contributed by atoms with van der Waals surface area (Å²) in [5, 5.41) is 11.7. The molecule has 0 aliphatic heterocycles. The van der Waals surface area contributed by atoms with Crippen molar-refractivity contribution < 1.29 is 19.1 Å². The number of amides is 1. The normalized spacial score (nSPS) is 13.6. The van der Waals surface area contributed by atoms with E-state index in [2.05, 4.69) is 5.32 Å². The Morgan fingerprint density at radius 3 is 2.60 bits per heavy atom. The topological polar surface area (TPSA) is 66.4 Å². The van der Waals surface area contributed by atoms with Crippen molar-refractivity contribution in [2.75, 3.05) is 12.0 Å². The van der Waals surface area contributed by atoms with Gasteiger partial charge in [-0.2, -0.15) is 11.8 Å². The minimum Gasteiger partial charge on any atom is -0.479 e. The quantitative estimate of drug-likeness (QED) is 0.846. The summed E-state index contributed by atoms with van der Waals surface area (Å²) in [7, 11) is 0. The number of nitrogens with one attached hydrogen (secondary N) is 1. The first-order valence-electron chi connectivity index (χ1n) is 6.15. The summed E-state index contributed by atoms with van der Waals surface area (Å²) in [6.07, 6.45) is 1.88. The average molecular weight is 299 g/mol. The molecule has 4 nitrogen and oxygen atoms in total. The molecule has 2 atom stereocenters. The lowest BCUT2D eigenvalue weighted by Gasteiger charge is -2.18. The van der Waals surface area contributed by atoms with Crippen LogP contribution in [0.2, 0.25) is 0 Å². The number of carbonyl (C=O) groups excluding carboxylic acids is 1. The third-order valence-electron chi connectivity index (χ3n) is 2.91. The number of aliphatic carboxylic acids is 1. The first kappa shape index (κ1) is 16.5. The van der Waals surface area contributed by atoms with Gasteiger partial charge in [-0.3, -0.25) is 4.79 Å². The predicted molar refractivity (Wildman–Crippen MR) is 77.2 cm³/mol. The highest BCUT2D eigenvalue weighted by Gasteiger charge is 2.24. The molecule has 0 saturated carbocycles. The van der Waals surface area contributed by atoms with E-state index in [4.69, 9.17) is 0 Å². The third kappa shape index (κ3) is 4.23. The molecule has 1 aromatic carbocycles. The van der Waals surface area contributed by atoms with E-state index in [0.717, 1.165) is 0 Å². The second kappa shape index (κ2) is 7.28. The number of benzene rings is 1. The van der Waals surface area contributed by atoms with E-state index < -0.39 is 17.8 Å². The van der Waals surface area contributed by atoms with Gasteiger partial charge in [-0.1, -0.05) is 19.1 Å². The van der Waals surface area contributed by atoms with Crippen LogP contribution < -0.4 is 5.32 Å². The van der Waals surface area contributed by atoms with Crippen LogP contribution in [-0.2, 0) is 9.59 Å². The van der Waals surface area contributed by atoms with E-state index in [1.165, 1.54) is 30.0 Å². The number of carbonyl (C=O) groups is 2. The summed E-state index contributed by atoms with van der Waals surface area (Å²) in [6.45, 7) is 3.29. The van der Waals surface area contributed by atoms with E-state index >= 15 is 0 Å². The lowest BCUT2D eigenvalue weighted by molar-refractivity contribution is -0.142. The smallest absolute Gasteiger partial charge is 0.330 e. The van der Waals surface area contributed by atoms with Crippen LogP contribution >= 0.6 is 11.8 Å². The molecule has 0 saturated heterocycles. The van der Waals surface area contributed by atoms with Gasteiger partial charge in [-0.05, 0) is 30.4 Å². The summed E-state index contributed by atoms with van der Waals surface area (Å²) >= 11 is 1.52. The molecule has 2 N–H and O–H groups in total. The Bertz CT molecular complexity index is 507. The molecule has 20 heavy (non-hydrogen) atoms. The van der Waals surface area contributed by atoms with E-state index in [1.54, 1.807) is 13.8 Å². The van der Waals surface area contributed by atoms with Crippen molar-refractivity contribution in [3.63, 3.8) is 0 Å². The molecule has 0 spiro atoms. The summed E-state index contributed by atoms with van der Waals surface area (Å²) in [4.78, 5) is 23.2. The Labute approximate surface area is 121 Å². The van der Waals surface area contributed by atoms with Crippen LogP contribution in [0, 0.1) is 18.7 Å². The molecule has 0 fully saturated rings. The molecule has 0 aliphatic rings. The van der Waals surface area contributed by atoms with Crippen LogP contribution in [-0.4, -0.2) is 29.0 Å². The van der Waals surface area contributed by atoms with E-state index in [-0.39, 0.29) is 11.8 Å². The van der Waals surface area contributed by atoms with E-state index in [0.29, 0.717) is 16.9 Å². The summed E-state index contributed by atoms with van der Waals surface area (Å²) in [5.41, 5.74) is 0.710.